The maximum absolute atomic E-state index is 12.4. The van der Waals surface area contributed by atoms with Gasteiger partial charge in [-0.3, -0.25) is 4.79 Å². The Bertz CT molecular complexity index is 404. The Hall–Kier alpha value is -1.56. The Morgan fingerprint density at radius 3 is 2.59 bits per heavy atom. The minimum atomic E-state index is -4.49. The van der Waals surface area contributed by atoms with E-state index in [-0.39, 0.29) is 18.4 Å². The van der Waals surface area contributed by atoms with Gasteiger partial charge in [0.15, 0.2) is 0 Å². The number of halogens is 3. The molecule has 0 saturated heterocycles. The molecule has 0 bridgehead atoms. The van der Waals surface area contributed by atoms with E-state index in [1.165, 1.54) is 18.2 Å². The molecule has 0 aromatic heterocycles. The summed E-state index contributed by atoms with van der Waals surface area (Å²) < 4.78 is 37.1. The van der Waals surface area contributed by atoms with Crippen molar-refractivity contribution in [3.8, 4) is 0 Å². The van der Waals surface area contributed by atoms with E-state index in [4.69, 9.17) is 10.8 Å². The van der Waals surface area contributed by atoms with Crippen LogP contribution in [0.1, 0.15) is 23.6 Å². The molecule has 0 aliphatic carbocycles. The standard InChI is InChI=1S/C11H12F3NO2/c12-11(13,14)10(15)8-3-1-2-7(6-8)4-5-9(16)17/h1-3,6,10H,4-5,15H2,(H,16,17)/t10-/m0/s1. The van der Waals surface area contributed by atoms with E-state index < -0.39 is 18.2 Å². The van der Waals surface area contributed by atoms with Gasteiger partial charge in [-0.15, -0.1) is 0 Å². The van der Waals surface area contributed by atoms with Crippen LogP contribution in [0.25, 0.3) is 0 Å². The number of aryl methyl sites for hydroxylation is 1. The Labute approximate surface area is 96.0 Å². The number of carboxylic acids is 1. The van der Waals surface area contributed by atoms with Crippen molar-refractivity contribution in [3.05, 3.63) is 35.4 Å². The Kier molecular flexibility index (Phi) is 4.11. The normalized spacial score (nSPS) is 13.4. The summed E-state index contributed by atoms with van der Waals surface area (Å²) >= 11 is 0. The molecule has 6 heteroatoms. The summed E-state index contributed by atoms with van der Waals surface area (Å²) in [6.07, 6.45) is -4.43. The van der Waals surface area contributed by atoms with E-state index in [1.807, 2.05) is 0 Å². The smallest absolute Gasteiger partial charge is 0.407 e. The number of nitrogens with two attached hydrogens (primary N) is 1. The van der Waals surface area contributed by atoms with Gasteiger partial charge in [-0.1, -0.05) is 24.3 Å². The lowest BCUT2D eigenvalue weighted by Crippen LogP contribution is -2.28. The van der Waals surface area contributed by atoms with Crippen molar-refractivity contribution in [2.75, 3.05) is 0 Å². The number of hydrogen-bond acceptors (Lipinski definition) is 2. The summed E-state index contributed by atoms with van der Waals surface area (Å²) in [7, 11) is 0. The molecule has 17 heavy (non-hydrogen) atoms. The van der Waals surface area contributed by atoms with Crippen LogP contribution in [0, 0.1) is 0 Å². The summed E-state index contributed by atoms with van der Waals surface area (Å²) in [5.41, 5.74) is 5.53. The molecule has 0 radical (unpaired) electrons. The lowest BCUT2D eigenvalue weighted by atomic mass is 10.0. The molecule has 0 saturated carbocycles. The molecule has 3 N–H and O–H groups in total. The molecule has 1 rings (SSSR count). The van der Waals surface area contributed by atoms with E-state index in [9.17, 15) is 18.0 Å². The molecule has 0 unspecified atom stereocenters. The molecule has 0 heterocycles. The fraction of sp³-hybridized carbons (Fsp3) is 0.364. The van der Waals surface area contributed by atoms with Crippen molar-refractivity contribution in [1.29, 1.82) is 0 Å². The van der Waals surface area contributed by atoms with Gasteiger partial charge in [0.25, 0.3) is 0 Å². The Morgan fingerprint density at radius 1 is 1.41 bits per heavy atom. The number of carbonyl (C=O) groups is 1. The van der Waals surface area contributed by atoms with Crippen molar-refractivity contribution in [3.63, 3.8) is 0 Å². The zero-order chi connectivity index (χ0) is 13.1. The van der Waals surface area contributed by atoms with Crippen molar-refractivity contribution in [2.24, 2.45) is 5.73 Å². The number of benzene rings is 1. The van der Waals surface area contributed by atoms with Gasteiger partial charge in [-0.05, 0) is 17.5 Å². The molecule has 0 aliphatic rings. The van der Waals surface area contributed by atoms with E-state index in [2.05, 4.69) is 0 Å². The van der Waals surface area contributed by atoms with Crippen LogP contribution in [0.15, 0.2) is 24.3 Å². The summed E-state index contributed by atoms with van der Waals surface area (Å²) in [5, 5.41) is 8.48. The number of carboxylic acid groups (broad SMARTS) is 1. The molecule has 0 spiro atoms. The third-order valence-electron chi connectivity index (χ3n) is 2.29. The third-order valence-corrected chi connectivity index (χ3v) is 2.29. The molecule has 94 valence electrons. The van der Waals surface area contributed by atoms with Crippen LogP contribution in [-0.4, -0.2) is 17.3 Å². The fourth-order valence-corrected chi connectivity index (χ4v) is 1.38. The third kappa shape index (κ3) is 4.07. The zero-order valence-electron chi connectivity index (χ0n) is 8.87. The predicted octanol–water partition coefficient (Wildman–Crippen LogP) is 2.27. The summed E-state index contributed by atoms with van der Waals surface area (Å²) in [4.78, 5) is 10.3. The topological polar surface area (TPSA) is 63.3 Å². The van der Waals surface area contributed by atoms with Gasteiger partial charge < -0.3 is 10.8 Å². The predicted molar refractivity (Wildman–Crippen MR) is 55.4 cm³/mol. The number of aliphatic carboxylic acids is 1. The Balaban J connectivity index is 2.82. The maximum Gasteiger partial charge on any atom is 0.407 e. The molecular formula is C11H12F3NO2. The van der Waals surface area contributed by atoms with Gasteiger partial charge in [0.1, 0.15) is 6.04 Å². The SMILES string of the molecule is N[C@@H](c1cccc(CCC(=O)O)c1)C(F)(F)F. The number of hydrogen-bond donors (Lipinski definition) is 2. The van der Waals surface area contributed by atoms with Gasteiger partial charge in [0, 0.05) is 6.42 Å². The quantitative estimate of drug-likeness (QED) is 0.857. The van der Waals surface area contributed by atoms with Crippen molar-refractivity contribution in [2.45, 2.75) is 25.1 Å². The fourth-order valence-electron chi connectivity index (χ4n) is 1.38. The number of alkyl halides is 3. The average molecular weight is 247 g/mol. The van der Waals surface area contributed by atoms with Crippen LogP contribution in [0.4, 0.5) is 13.2 Å². The van der Waals surface area contributed by atoms with Crippen LogP contribution < -0.4 is 5.73 Å². The molecule has 0 amide bonds. The minimum absolute atomic E-state index is 0.0552. The molecule has 1 aromatic carbocycles. The summed E-state index contributed by atoms with van der Waals surface area (Å²) in [6, 6.07) is 3.56. The average Bonchev–Trinajstić information content (AvgIpc) is 2.24. The van der Waals surface area contributed by atoms with E-state index in [0.717, 1.165) is 0 Å². The lowest BCUT2D eigenvalue weighted by Gasteiger charge is -2.16. The van der Waals surface area contributed by atoms with Crippen LogP contribution in [-0.2, 0) is 11.2 Å². The summed E-state index contributed by atoms with van der Waals surface area (Å²) in [5.74, 6) is -0.990. The molecule has 1 aromatic rings. The second kappa shape index (κ2) is 5.18. The van der Waals surface area contributed by atoms with E-state index in [0.29, 0.717) is 5.56 Å². The van der Waals surface area contributed by atoms with Gasteiger partial charge in [-0.25, -0.2) is 0 Å². The van der Waals surface area contributed by atoms with Crippen molar-refractivity contribution >= 4 is 5.97 Å². The summed E-state index contributed by atoms with van der Waals surface area (Å²) in [6.45, 7) is 0. The first-order chi connectivity index (χ1) is 7.80. The molecule has 3 nitrogen and oxygen atoms in total. The first-order valence-corrected chi connectivity index (χ1v) is 4.93. The van der Waals surface area contributed by atoms with E-state index in [1.54, 1.807) is 6.07 Å². The molecule has 0 aliphatic heterocycles. The van der Waals surface area contributed by atoms with Crippen LogP contribution >= 0.6 is 0 Å². The van der Waals surface area contributed by atoms with Gasteiger partial charge in [0.05, 0.1) is 0 Å². The Morgan fingerprint density at radius 2 is 2.06 bits per heavy atom. The minimum Gasteiger partial charge on any atom is -0.481 e. The van der Waals surface area contributed by atoms with Gasteiger partial charge >= 0.3 is 12.1 Å². The number of rotatable bonds is 4. The highest BCUT2D eigenvalue weighted by Gasteiger charge is 2.37. The monoisotopic (exact) mass is 247 g/mol. The second-order valence-electron chi connectivity index (χ2n) is 3.66. The maximum atomic E-state index is 12.4. The molecule has 1 atom stereocenters. The van der Waals surface area contributed by atoms with Crippen molar-refractivity contribution < 1.29 is 23.1 Å². The van der Waals surface area contributed by atoms with Gasteiger partial charge in [-0.2, -0.15) is 13.2 Å². The lowest BCUT2D eigenvalue weighted by molar-refractivity contribution is -0.149. The largest absolute Gasteiger partial charge is 0.481 e. The molecular weight excluding hydrogens is 235 g/mol. The first-order valence-electron chi connectivity index (χ1n) is 4.93. The van der Waals surface area contributed by atoms with Crippen LogP contribution in [0.3, 0.4) is 0 Å². The second-order valence-corrected chi connectivity index (χ2v) is 3.66. The highest BCUT2D eigenvalue weighted by molar-refractivity contribution is 5.67. The molecule has 0 fully saturated rings. The van der Waals surface area contributed by atoms with Crippen molar-refractivity contribution in [1.82, 2.24) is 0 Å². The van der Waals surface area contributed by atoms with Gasteiger partial charge in [0.2, 0.25) is 0 Å². The highest BCUT2D eigenvalue weighted by Crippen LogP contribution is 2.30. The van der Waals surface area contributed by atoms with E-state index >= 15 is 0 Å². The highest BCUT2D eigenvalue weighted by atomic mass is 19.4. The van der Waals surface area contributed by atoms with Crippen LogP contribution in [0.5, 0.6) is 0 Å². The zero-order valence-corrected chi connectivity index (χ0v) is 8.87. The first kappa shape index (κ1) is 13.5. The van der Waals surface area contributed by atoms with Crippen LogP contribution in [0.2, 0.25) is 0 Å².